The van der Waals surface area contributed by atoms with Gasteiger partial charge in [-0.25, -0.2) is 0 Å². The zero-order chi connectivity index (χ0) is 14.1. The van der Waals surface area contributed by atoms with E-state index in [4.69, 9.17) is 5.73 Å². The Labute approximate surface area is 115 Å². The minimum atomic E-state index is -0.286. The molecule has 5 heteroatoms. The van der Waals surface area contributed by atoms with E-state index in [-0.39, 0.29) is 11.7 Å². The van der Waals surface area contributed by atoms with Gasteiger partial charge in [0.05, 0.1) is 11.2 Å². The van der Waals surface area contributed by atoms with Gasteiger partial charge in [-0.05, 0) is 24.3 Å². The first kappa shape index (κ1) is 12.1. The minimum Gasteiger partial charge on any atom is -0.508 e. The Morgan fingerprint density at radius 1 is 1.15 bits per heavy atom. The molecule has 2 aromatic carbocycles. The average Bonchev–Trinajstić information content (AvgIpc) is 2.84. The molecule has 0 bridgehead atoms. The van der Waals surface area contributed by atoms with Crippen LogP contribution in [0, 0.1) is 0 Å². The number of nitrogen functional groups attached to an aromatic ring is 1. The van der Waals surface area contributed by atoms with Crippen molar-refractivity contribution in [1.29, 1.82) is 0 Å². The molecule has 5 nitrogen and oxygen atoms in total. The van der Waals surface area contributed by atoms with Crippen LogP contribution in [0.25, 0.3) is 10.9 Å². The van der Waals surface area contributed by atoms with Gasteiger partial charge in [0.15, 0.2) is 0 Å². The van der Waals surface area contributed by atoms with Crippen molar-refractivity contribution in [2.24, 2.45) is 0 Å². The van der Waals surface area contributed by atoms with Gasteiger partial charge < -0.3 is 21.1 Å². The number of aromatic nitrogens is 1. The summed E-state index contributed by atoms with van der Waals surface area (Å²) in [4.78, 5) is 15.1. The Balaban J connectivity index is 1.91. The first-order chi connectivity index (χ1) is 9.63. The summed E-state index contributed by atoms with van der Waals surface area (Å²) >= 11 is 0. The molecular weight excluding hydrogens is 254 g/mol. The quantitative estimate of drug-likeness (QED) is 0.538. The van der Waals surface area contributed by atoms with E-state index in [1.165, 1.54) is 6.07 Å². The van der Waals surface area contributed by atoms with Crippen LogP contribution in [-0.4, -0.2) is 16.0 Å². The minimum absolute atomic E-state index is 0.101. The van der Waals surface area contributed by atoms with Gasteiger partial charge in [0, 0.05) is 17.1 Å². The van der Waals surface area contributed by atoms with Crippen molar-refractivity contribution < 1.29 is 9.90 Å². The van der Waals surface area contributed by atoms with Crippen molar-refractivity contribution in [2.75, 3.05) is 11.1 Å². The Morgan fingerprint density at radius 2 is 1.95 bits per heavy atom. The number of benzene rings is 2. The topological polar surface area (TPSA) is 91.1 Å². The number of H-pyrrole nitrogens is 1. The van der Waals surface area contributed by atoms with Gasteiger partial charge in [-0.1, -0.05) is 18.2 Å². The van der Waals surface area contributed by atoms with Crippen LogP contribution in [0.15, 0.2) is 48.5 Å². The molecule has 20 heavy (non-hydrogen) atoms. The predicted molar refractivity (Wildman–Crippen MR) is 78.8 cm³/mol. The first-order valence-electron chi connectivity index (χ1n) is 6.11. The molecule has 1 heterocycles. The summed E-state index contributed by atoms with van der Waals surface area (Å²) in [5, 5.41) is 13.0. The number of fused-ring (bicyclic) bond motifs is 1. The van der Waals surface area contributed by atoms with Gasteiger partial charge in [-0.15, -0.1) is 0 Å². The van der Waals surface area contributed by atoms with Crippen LogP contribution < -0.4 is 11.1 Å². The Morgan fingerprint density at radius 3 is 2.70 bits per heavy atom. The molecule has 0 saturated carbocycles. The molecule has 3 rings (SSSR count). The molecule has 0 saturated heterocycles. The molecular formula is C15H13N3O2. The number of nitrogens with two attached hydrogens (primary N) is 1. The SMILES string of the molecule is Nc1cccc2cc(C(=O)Nc3cccc(O)c3)[nH]c12. The van der Waals surface area contributed by atoms with E-state index in [2.05, 4.69) is 10.3 Å². The molecule has 0 atom stereocenters. The molecule has 5 N–H and O–H groups in total. The van der Waals surface area contributed by atoms with E-state index < -0.39 is 0 Å². The number of rotatable bonds is 2. The number of hydrogen-bond acceptors (Lipinski definition) is 3. The molecule has 1 amide bonds. The Bertz CT molecular complexity index is 793. The van der Waals surface area contributed by atoms with Gasteiger partial charge in [0.1, 0.15) is 11.4 Å². The maximum Gasteiger partial charge on any atom is 0.272 e. The average molecular weight is 267 g/mol. The van der Waals surface area contributed by atoms with Crippen LogP contribution >= 0.6 is 0 Å². The standard InChI is InChI=1S/C15H13N3O2/c16-12-6-1-3-9-7-13(18-14(9)12)15(20)17-10-4-2-5-11(19)8-10/h1-8,18-19H,16H2,(H,17,20). The van der Waals surface area contributed by atoms with Gasteiger partial charge in [0.25, 0.3) is 5.91 Å². The molecule has 0 aliphatic rings. The fraction of sp³-hybridized carbons (Fsp3) is 0. The Hall–Kier alpha value is -2.95. The molecule has 0 aliphatic carbocycles. The second kappa shape index (κ2) is 4.62. The number of hydrogen-bond donors (Lipinski definition) is 4. The highest BCUT2D eigenvalue weighted by molar-refractivity contribution is 6.07. The van der Waals surface area contributed by atoms with Gasteiger partial charge in [-0.2, -0.15) is 0 Å². The number of amides is 1. The van der Waals surface area contributed by atoms with Crippen molar-refractivity contribution in [3.05, 3.63) is 54.2 Å². The third kappa shape index (κ3) is 2.16. The van der Waals surface area contributed by atoms with Gasteiger partial charge >= 0.3 is 0 Å². The third-order valence-corrected chi connectivity index (χ3v) is 3.04. The van der Waals surface area contributed by atoms with E-state index in [9.17, 15) is 9.90 Å². The van der Waals surface area contributed by atoms with Crippen molar-refractivity contribution >= 4 is 28.2 Å². The highest BCUT2D eigenvalue weighted by Gasteiger charge is 2.11. The highest BCUT2D eigenvalue weighted by Crippen LogP contribution is 2.22. The predicted octanol–water partition coefficient (Wildman–Crippen LogP) is 2.71. The molecule has 3 aromatic rings. The monoisotopic (exact) mass is 267 g/mol. The zero-order valence-electron chi connectivity index (χ0n) is 10.6. The number of phenolic OH excluding ortho intramolecular Hbond substituents is 1. The highest BCUT2D eigenvalue weighted by atomic mass is 16.3. The molecule has 0 unspecified atom stereocenters. The van der Waals surface area contributed by atoms with E-state index in [0.29, 0.717) is 17.1 Å². The van der Waals surface area contributed by atoms with Gasteiger partial charge in [0.2, 0.25) is 0 Å². The van der Waals surface area contributed by atoms with Gasteiger partial charge in [-0.3, -0.25) is 4.79 Å². The number of aromatic hydroxyl groups is 1. The second-order valence-corrected chi connectivity index (χ2v) is 4.50. The number of phenols is 1. The maximum atomic E-state index is 12.1. The Kier molecular flexibility index (Phi) is 2.80. The molecule has 0 fully saturated rings. The first-order valence-corrected chi connectivity index (χ1v) is 6.11. The van der Waals surface area contributed by atoms with Crippen molar-refractivity contribution in [3.8, 4) is 5.75 Å². The van der Waals surface area contributed by atoms with Crippen molar-refractivity contribution in [3.63, 3.8) is 0 Å². The summed E-state index contributed by atoms with van der Waals surface area (Å²) in [5.41, 5.74) is 8.13. The van der Waals surface area contributed by atoms with Crippen LogP contribution in [0.4, 0.5) is 11.4 Å². The van der Waals surface area contributed by atoms with E-state index in [1.807, 2.05) is 12.1 Å². The zero-order valence-corrected chi connectivity index (χ0v) is 10.6. The fourth-order valence-corrected chi connectivity index (χ4v) is 2.08. The van der Waals surface area contributed by atoms with E-state index in [0.717, 1.165) is 10.9 Å². The summed E-state index contributed by atoms with van der Waals surface area (Å²) in [6.45, 7) is 0. The summed E-state index contributed by atoms with van der Waals surface area (Å²) in [6.07, 6.45) is 0. The summed E-state index contributed by atoms with van der Waals surface area (Å²) in [6, 6.07) is 13.6. The molecule has 0 radical (unpaired) electrons. The molecule has 0 spiro atoms. The summed E-state index contributed by atoms with van der Waals surface area (Å²) in [7, 11) is 0. The van der Waals surface area contributed by atoms with Crippen molar-refractivity contribution in [1.82, 2.24) is 4.98 Å². The van der Waals surface area contributed by atoms with Crippen LogP contribution in [0.5, 0.6) is 5.75 Å². The summed E-state index contributed by atoms with van der Waals surface area (Å²) in [5.74, 6) is -0.185. The molecule has 1 aromatic heterocycles. The normalized spacial score (nSPS) is 10.6. The van der Waals surface area contributed by atoms with Crippen LogP contribution in [0.3, 0.4) is 0 Å². The van der Waals surface area contributed by atoms with Crippen molar-refractivity contribution in [2.45, 2.75) is 0 Å². The molecule has 100 valence electrons. The maximum absolute atomic E-state index is 12.1. The number of aromatic amines is 1. The van der Waals surface area contributed by atoms with Crippen LogP contribution in [-0.2, 0) is 0 Å². The van der Waals surface area contributed by atoms with E-state index >= 15 is 0 Å². The lowest BCUT2D eigenvalue weighted by Gasteiger charge is -2.03. The number of para-hydroxylation sites is 1. The number of carbonyl (C=O) groups is 1. The lowest BCUT2D eigenvalue weighted by atomic mass is 10.2. The fourth-order valence-electron chi connectivity index (χ4n) is 2.08. The second-order valence-electron chi connectivity index (χ2n) is 4.50. The number of anilines is 2. The largest absolute Gasteiger partial charge is 0.508 e. The smallest absolute Gasteiger partial charge is 0.272 e. The third-order valence-electron chi connectivity index (χ3n) is 3.04. The number of carbonyl (C=O) groups excluding carboxylic acids is 1. The van der Waals surface area contributed by atoms with Crippen LogP contribution in [0.1, 0.15) is 10.5 Å². The van der Waals surface area contributed by atoms with E-state index in [1.54, 1.807) is 30.3 Å². The lowest BCUT2D eigenvalue weighted by Crippen LogP contribution is -2.12. The van der Waals surface area contributed by atoms with Crippen LogP contribution in [0.2, 0.25) is 0 Å². The summed E-state index contributed by atoms with van der Waals surface area (Å²) < 4.78 is 0. The number of nitrogens with one attached hydrogen (secondary N) is 2. The lowest BCUT2D eigenvalue weighted by molar-refractivity contribution is 0.102. The molecule has 0 aliphatic heterocycles.